The van der Waals surface area contributed by atoms with Gasteiger partial charge in [-0.2, -0.15) is 0 Å². The average molecular weight is 245 g/mol. The molecule has 1 atom stereocenters. The SMILES string of the molecule is CCC1OCCc2scc(-c3cccnc3)c21. The Labute approximate surface area is 105 Å². The van der Waals surface area contributed by atoms with Crippen LogP contribution in [0.2, 0.25) is 0 Å². The van der Waals surface area contributed by atoms with E-state index in [-0.39, 0.29) is 6.10 Å². The highest BCUT2D eigenvalue weighted by Crippen LogP contribution is 2.41. The Bertz CT molecular complexity index is 506. The summed E-state index contributed by atoms with van der Waals surface area (Å²) in [5, 5.41) is 2.25. The molecule has 3 heteroatoms. The molecule has 0 bridgehead atoms. The number of fused-ring (bicyclic) bond motifs is 1. The van der Waals surface area contributed by atoms with E-state index in [1.807, 2.05) is 29.8 Å². The lowest BCUT2D eigenvalue weighted by Crippen LogP contribution is -2.14. The van der Waals surface area contributed by atoms with Gasteiger partial charge in [0, 0.05) is 34.8 Å². The zero-order chi connectivity index (χ0) is 11.7. The zero-order valence-electron chi connectivity index (χ0n) is 9.85. The molecule has 0 saturated carbocycles. The Balaban J connectivity index is 2.10. The van der Waals surface area contributed by atoms with Crippen molar-refractivity contribution in [2.24, 2.45) is 0 Å². The monoisotopic (exact) mass is 245 g/mol. The molecule has 88 valence electrons. The quantitative estimate of drug-likeness (QED) is 0.802. The molecule has 2 aromatic heterocycles. The van der Waals surface area contributed by atoms with Crippen LogP contribution in [0.25, 0.3) is 11.1 Å². The van der Waals surface area contributed by atoms with E-state index in [1.165, 1.54) is 21.6 Å². The van der Waals surface area contributed by atoms with Crippen molar-refractivity contribution in [3.05, 3.63) is 40.3 Å². The second-order valence-corrected chi connectivity index (χ2v) is 5.21. The van der Waals surface area contributed by atoms with Crippen molar-refractivity contribution in [3.63, 3.8) is 0 Å². The Kier molecular flexibility index (Phi) is 2.95. The Morgan fingerprint density at radius 2 is 2.47 bits per heavy atom. The van der Waals surface area contributed by atoms with E-state index >= 15 is 0 Å². The van der Waals surface area contributed by atoms with Gasteiger partial charge in [-0.1, -0.05) is 13.0 Å². The van der Waals surface area contributed by atoms with E-state index in [0.29, 0.717) is 0 Å². The molecule has 2 nitrogen and oxygen atoms in total. The van der Waals surface area contributed by atoms with Crippen molar-refractivity contribution in [2.75, 3.05) is 6.61 Å². The lowest BCUT2D eigenvalue weighted by atomic mass is 9.96. The smallest absolute Gasteiger partial charge is 0.0839 e. The van der Waals surface area contributed by atoms with Crippen LogP contribution in [0.5, 0.6) is 0 Å². The van der Waals surface area contributed by atoms with Crippen molar-refractivity contribution in [3.8, 4) is 11.1 Å². The Morgan fingerprint density at radius 1 is 1.53 bits per heavy atom. The van der Waals surface area contributed by atoms with Gasteiger partial charge in [-0.25, -0.2) is 0 Å². The predicted molar refractivity (Wildman–Crippen MR) is 70.2 cm³/mol. The summed E-state index contributed by atoms with van der Waals surface area (Å²) in [6.45, 7) is 3.04. The van der Waals surface area contributed by atoms with Gasteiger partial charge in [0.15, 0.2) is 0 Å². The van der Waals surface area contributed by atoms with Crippen LogP contribution in [0.15, 0.2) is 29.9 Å². The summed E-state index contributed by atoms with van der Waals surface area (Å²) >= 11 is 1.86. The number of hydrogen-bond acceptors (Lipinski definition) is 3. The minimum atomic E-state index is 0.264. The molecule has 0 aromatic carbocycles. The molecule has 1 aliphatic heterocycles. The molecular formula is C14H15NOS. The largest absolute Gasteiger partial charge is 0.373 e. The number of rotatable bonds is 2. The van der Waals surface area contributed by atoms with Crippen LogP contribution < -0.4 is 0 Å². The van der Waals surface area contributed by atoms with Gasteiger partial charge in [0.05, 0.1) is 12.7 Å². The molecule has 2 aromatic rings. The molecule has 0 radical (unpaired) electrons. The van der Waals surface area contributed by atoms with Crippen LogP contribution in [0.4, 0.5) is 0 Å². The molecule has 0 saturated heterocycles. The summed E-state index contributed by atoms with van der Waals surface area (Å²) in [5.74, 6) is 0. The van der Waals surface area contributed by atoms with Crippen molar-refractivity contribution in [2.45, 2.75) is 25.9 Å². The van der Waals surface area contributed by atoms with Crippen LogP contribution in [0.3, 0.4) is 0 Å². The fourth-order valence-electron chi connectivity index (χ4n) is 2.40. The van der Waals surface area contributed by atoms with E-state index in [0.717, 1.165) is 19.4 Å². The first-order chi connectivity index (χ1) is 8.40. The second-order valence-electron chi connectivity index (χ2n) is 4.25. The molecule has 3 heterocycles. The number of hydrogen-bond donors (Lipinski definition) is 0. The second kappa shape index (κ2) is 4.59. The fraction of sp³-hybridized carbons (Fsp3) is 0.357. The topological polar surface area (TPSA) is 22.1 Å². The van der Waals surface area contributed by atoms with E-state index in [1.54, 1.807) is 0 Å². The number of nitrogens with zero attached hydrogens (tertiary/aromatic N) is 1. The summed E-state index contributed by atoms with van der Waals surface area (Å²) in [4.78, 5) is 5.69. The molecule has 1 aliphatic rings. The highest BCUT2D eigenvalue weighted by atomic mass is 32.1. The van der Waals surface area contributed by atoms with Crippen molar-refractivity contribution in [1.29, 1.82) is 0 Å². The molecule has 0 amide bonds. The normalized spacial score (nSPS) is 19.0. The van der Waals surface area contributed by atoms with Gasteiger partial charge in [0.25, 0.3) is 0 Å². The molecule has 0 N–H and O–H groups in total. The van der Waals surface area contributed by atoms with Crippen molar-refractivity contribution >= 4 is 11.3 Å². The molecule has 1 unspecified atom stereocenters. The summed E-state index contributed by atoms with van der Waals surface area (Å²) in [5.41, 5.74) is 3.91. The van der Waals surface area contributed by atoms with Crippen LogP contribution in [-0.4, -0.2) is 11.6 Å². The number of ether oxygens (including phenoxy) is 1. The molecule has 3 rings (SSSR count). The maximum absolute atomic E-state index is 5.86. The van der Waals surface area contributed by atoms with E-state index in [2.05, 4.69) is 23.4 Å². The lowest BCUT2D eigenvalue weighted by Gasteiger charge is -2.23. The molecule has 0 spiro atoms. The Hall–Kier alpha value is -1.19. The number of thiophene rings is 1. The minimum absolute atomic E-state index is 0.264. The zero-order valence-corrected chi connectivity index (χ0v) is 10.7. The van der Waals surface area contributed by atoms with Gasteiger partial charge >= 0.3 is 0 Å². The third kappa shape index (κ3) is 1.90. The van der Waals surface area contributed by atoms with E-state index < -0.39 is 0 Å². The minimum Gasteiger partial charge on any atom is -0.373 e. The summed E-state index contributed by atoms with van der Waals surface area (Å²) in [7, 11) is 0. The van der Waals surface area contributed by atoms with Crippen molar-refractivity contribution in [1.82, 2.24) is 4.98 Å². The maximum atomic E-state index is 5.86. The summed E-state index contributed by atoms with van der Waals surface area (Å²) in [6.07, 6.45) is 6.10. The lowest BCUT2D eigenvalue weighted by molar-refractivity contribution is 0.0416. The van der Waals surface area contributed by atoms with Gasteiger partial charge in [0.1, 0.15) is 0 Å². The van der Waals surface area contributed by atoms with Gasteiger partial charge in [-0.3, -0.25) is 4.98 Å². The molecule has 0 fully saturated rings. The number of aromatic nitrogens is 1. The standard InChI is InChI=1S/C14H15NOS/c1-2-12-14-11(10-4-3-6-15-8-10)9-17-13(14)5-7-16-12/h3-4,6,8-9,12H,2,5,7H2,1H3. The first kappa shape index (κ1) is 10.9. The first-order valence-electron chi connectivity index (χ1n) is 6.02. The highest BCUT2D eigenvalue weighted by Gasteiger charge is 2.24. The summed E-state index contributed by atoms with van der Waals surface area (Å²) < 4.78 is 5.86. The van der Waals surface area contributed by atoms with Crippen LogP contribution in [0.1, 0.15) is 29.9 Å². The van der Waals surface area contributed by atoms with Crippen molar-refractivity contribution < 1.29 is 4.74 Å². The van der Waals surface area contributed by atoms with Crippen LogP contribution >= 0.6 is 11.3 Å². The average Bonchev–Trinajstić information content (AvgIpc) is 2.83. The van der Waals surface area contributed by atoms with Gasteiger partial charge in [-0.05, 0) is 23.4 Å². The number of pyridine rings is 1. The van der Waals surface area contributed by atoms with E-state index in [4.69, 9.17) is 4.74 Å². The molecule has 0 aliphatic carbocycles. The Morgan fingerprint density at radius 3 is 3.24 bits per heavy atom. The highest BCUT2D eigenvalue weighted by molar-refractivity contribution is 7.10. The fourth-order valence-corrected chi connectivity index (χ4v) is 3.49. The first-order valence-corrected chi connectivity index (χ1v) is 6.90. The predicted octanol–water partition coefficient (Wildman–Crippen LogP) is 3.83. The molecular weight excluding hydrogens is 230 g/mol. The van der Waals surface area contributed by atoms with Crippen LogP contribution in [0, 0.1) is 0 Å². The maximum Gasteiger partial charge on any atom is 0.0839 e. The van der Waals surface area contributed by atoms with Gasteiger partial charge in [0.2, 0.25) is 0 Å². The van der Waals surface area contributed by atoms with Crippen LogP contribution in [-0.2, 0) is 11.2 Å². The summed E-state index contributed by atoms with van der Waals surface area (Å²) in [6, 6.07) is 4.11. The molecule has 17 heavy (non-hydrogen) atoms. The third-order valence-corrected chi connectivity index (χ3v) is 4.29. The van der Waals surface area contributed by atoms with Gasteiger partial charge in [-0.15, -0.1) is 11.3 Å². The van der Waals surface area contributed by atoms with E-state index in [9.17, 15) is 0 Å². The third-order valence-electron chi connectivity index (χ3n) is 3.22. The van der Waals surface area contributed by atoms with Gasteiger partial charge < -0.3 is 4.74 Å².